The monoisotopic (exact) mass is 369 g/mol. The van der Waals surface area contributed by atoms with E-state index in [1.54, 1.807) is 0 Å². The fourth-order valence-corrected chi connectivity index (χ4v) is 3.69. The Morgan fingerprint density at radius 3 is 2.46 bits per heavy atom. The lowest BCUT2D eigenvalue weighted by atomic mass is 10.2. The normalized spacial score (nSPS) is 19.4. The maximum atomic E-state index is 5.57. The molecule has 2 aromatic rings. The van der Waals surface area contributed by atoms with Crippen LogP contribution in [0.1, 0.15) is 30.1 Å². The number of hydrogen-bond donors (Lipinski definition) is 0. The summed E-state index contributed by atoms with van der Waals surface area (Å²) in [5.74, 6) is 1.80. The highest BCUT2D eigenvalue weighted by Gasteiger charge is 2.29. The van der Waals surface area contributed by atoms with E-state index in [-0.39, 0.29) is 0 Å². The first kappa shape index (κ1) is 17.6. The average Bonchev–Trinajstić information content (AvgIpc) is 3.47. The summed E-state index contributed by atoms with van der Waals surface area (Å²) in [4.78, 5) is 4.96. The zero-order valence-electron chi connectivity index (χ0n) is 15.4. The van der Waals surface area contributed by atoms with Gasteiger partial charge >= 0.3 is 0 Å². The van der Waals surface area contributed by atoms with Gasteiger partial charge in [0.2, 0.25) is 0 Å². The second-order valence-electron chi connectivity index (χ2n) is 7.35. The van der Waals surface area contributed by atoms with Gasteiger partial charge in [0.1, 0.15) is 5.82 Å². The molecule has 1 saturated carbocycles. The van der Waals surface area contributed by atoms with E-state index in [4.69, 9.17) is 17.3 Å². The summed E-state index contributed by atoms with van der Waals surface area (Å²) in [6, 6.07) is 10.5. The number of benzene rings is 1. The second kappa shape index (κ2) is 7.86. The number of hydrogen-bond acceptors (Lipinski definition) is 4. The van der Waals surface area contributed by atoms with Crippen LogP contribution in [0.25, 0.3) is 6.08 Å². The molecule has 1 aromatic heterocycles. The van der Waals surface area contributed by atoms with Crippen molar-refractivity contribution < 1.29 is 0 Å². The van der Waals surface area contributed by atoms with Gasteiger partial charge in [0.25, 0.3) is 0 Å². The molecule has 0 bridgehead atoms. The Labute approximate surface area is 160 Å². The molecule has 0 radical (unpaired) electrons. The average molecular weight is 370 g/mol. The van der Waals surface area contributed by atoms with Gasteiger partial charge in [-0.05, 0) is 30.6 Å². The van der Waals surface area contributed by atoms with E-state index < -0.39 is 0 Å². The third-order valence-electron chi connectivity index (χ3n) is 5.29. The topological polar surface area (TPSA) is 29.2 Å². The molecule has 2 aliphatic rings. The third-order valence-corrected chi connectivity index (χ3v) is 5.77. The molecular weight excluding hydrogens is 342 g/mol. The highest BCUT2D eigenvalue weighted by Crippen LogP contribution is 2.38. The van der Waals surface area contributed by atoms with E-state index in [0.29, 0.717) is 5.92 Å². The van der Waals surface area contributed by atoms with Gasteiger partial charge in [0, 0.05) is 45.7 Å². The van der Waals surface area contributed by atoms with E-state index in [2.05, 4.69) is 63.9 Å². The molecule has 6 heteroatoms. The number of nitrogens with zero attached hydrogens (tertiary/aromatic N) is 5. The summed E-state index contributed by atoms with van der Waals surface area (Å²) in [6.07, 6.45) is 6.99. The van der Waals surface area contributed by atoms with Crippen LogP contribution in [0, 0.1) is 4.77 Å². The second-order valence-corrected chi connectivity index (χ2v) is 7.71. The van der Waals surface area contributed by atoms with Crippen molar-refractivity contribution in [3.63, 3.8) is 0 Å². The van der Waals surface area contributed by atoms with E-state index in [1.807, 2.05) is 4.68 Å². The Bertz CT molecular complexity index is 810. The zero-order chi connectivity index (χ0) is 17.9. The van der Waals surface area contributed by atoms with Gasteiger partial charge in [-0.25, -0.2) is 4.68 Å². The summed E-state index contributed by atoms with van der Waals surface area (Å²) in [5, 5.41) is 4.78. The van der Waals surface area contributed by atoms with Crippen LogP contribution in [0.2, 0.25) is 0 Å². The molecule has 0 N–H and O–H groups in total. The Morgan fingerprint density at radius 1 is 1.08 bits per heavy atom. The molecule has 0 amide bonds. The minimum atomic E-state index is 0.635. The maximum absolute atomic E-state index is 5.57. The van der Waals surface area contributed by atoms with Gasteiger partial charge in [-0.1, -0.05) is 42.5 Å². The first-order valence-electron chi connectivity index (χ1n) is 9.51. The van der Waals surface area contributed by atoms with Gasteiger partial charge in [-0.15, -0.1) is 0 Å². The van der Waals surface area contributed by atoms with Gasteiger partial charge in [-0.2, -0.15) is 5.10 Å². The molecule has 5 nitrogen and oxygen atoms in total. The molecule has 4 rings (SSSR count). The molecule has 1 aliphatic carbocycles. The van der Waals surface area contributed by atoms with Gasteiger partial charge in [0.15, 0.2) is 4.77 Å². The molecule has 2 fully saturated rings. The molecular formula is C20H27N5S. The number of piperazine rings is 1. The molecule has 0 unspecified atom stereocenters. The first-order valence-corrected chi connectivity index (χ1v) is 9.91. The lowest BCUT2D eigenvalue weighted by Crippen LogP contribution is -2.46. The van der Waals surface area contributed by atoms with Crippen LogP contribution in [-0.2, 0) is 13.7 Å². The highest BCUT2D eigenvalue weighted by atomic mass is 32.1. The number of rotatable bonds is 6. The van der Waals surface area contributed by atoms with Crippen LogP contribution in [0.15, 0.2) is 36.4 Å². The van der Waals surface area contributed by atoms with Crippen molar-refractivity contribution >= 4 is 18.3 Å². The van der Waals surface area contributed by atoms with Crippen molar-refractivity contribution in [3.8, 4) is 0 Å². The summed E-state index contributed by atoms with van der Waals surface area (Å²) in [5.41, 5.74) is 1.27. The molecule has 1 saturated heterocycles. The van der Waals surface area contributed by atoms with Crippen LogP contribution in [-0.4, -0.2) is 56.9 Å². The largest absolute Gasteiger partial charge is 0.307 e. The quantitative estimate of drug-likeness (QED) is 0.732. The van der Waals surface area contributed by atoms with Crippen molar-refractivity contribution in [3.05, 3.63) is 52.6 Å². The van der Waals surface area contributed by atoms with Crippen molar-refractivity contribution in [2.24, 2.45) is 7.05 Å². The smallest absolute Gasteiger partial charge is 0.198 e. The molecule has 0 spiro atoms. The fraction of sp³-hybridized carbons (Fsp3) is 0.500. The predicted molar refractivity (Wildman–Crippen MR) is 107 cm³/mol. The predicted octanol–water partition coefficient (Wildman–Crippen LogP) is 3.12. The summed E-state index contributed by atoms with van der Waals surface area (Å²) < 4.78 is 4.95. The van der Waals surface area contributed by atoms with Crippen molar-refractivity contribution in [2.75, 3.05) is 32.7 Å². The molecule has 1 aliphatic heterocycles. The summed E-state index contributed by atoms with van der Waals surface area (Å²) in [7, 11) is 2.05. The summed E-state index contributed by atoms with van der Waals surface area (Å²) >= 11 is 5.57. The Balaban J connectivity index is 1.27. The van der Waals surface area contributed by atoms with Crippen LogP contribution < -0.4 is 0 Å². The fourth-order valence-electron chi connectivity index (χ4n) is 3.50. The van der Waals surface area contributed by atoms with E-state index in [0.717, 1.165) is 44.2 Å². The molecule has 1 aromatic carbocycles. The Hall–Kier alpha value is -1.76. The Kier molecular flexibility index (Phi) is 5.33. The molecule has 0 atom stereocenters. The van der Waals surface area contributed by atoms with Crippen molar-refractivity contribution in [1.82, 2.24) is 24.1 Å². The van der Waals surface area contributed by atoms with Gasteiger partial charge in [0.05, 0.1) is 6.67 Å². The minimum Gasteiger partial charge on any atom is -0.307 e. The lowest BCUT2D eigenvalue weighted by molar-refractivity contribution is 0.110. The standard InChI is InChI=1S/C20H27N5S/c1-22-19(18-9-10-18)21-25(20(22)26)16-24-14-12-23(13-15-24)11-5-8-17-6-3-2-4-7-17/h2-8,18H,9-16H2,1H3/b8-5+. The first-order chi connectivity index (χ1) is 12.7. The van der Waals surface area contributed by atoms with E-state index >= 15 is 0 Å². The van der Waals surface area contributed by atoms with Crippen LogP contribution >= 0.6 is 12.2 Å². The molecule has 2 heterocycles. The highest BCUT2D eigenvalue weighted by molar-refractivity contribution is 7.71. The van der Waals surface area contributed by atoms with Crippen LogP contribution in [0.3, 0.4) is 0 Å². The lowest BCUT2D eigenvalue weighted by Gasteiger charge is -2.33. The van der Waals surface area contributed by atoms with Crippen LogP contribution in [0.4, 0.5) is 0 Å². The van der Waals surface area contributed by atoms with Crippen molar-refractivity contribution in [1.29, 1.82) is 0 Å². The Morgan fingerprint density at radius 2 is 1.77 bits per heavy atom. The van der Waals surface area contributed by atoms with Crippen LogP contribution in [0.5, 0.6) is 0 Å². The maximum Gasteiger partial charge on any atom is 0.198 e. The SMILES string of the molecule is Cn1c(C2CC2)nn(CN2CCN(C/C=C/c3ccccc3)CC2)c1=S. The summed E-state index contributed by atoms with van der Waals surface area (Å²) in [6.45, 7) is 6.14. The minimum absolute atomic E-state index is 0.635. The van der Waals surface area contributed by atoms with E-state index in [1.165, 1.54) is 24.2 Å². The van der Waals surface area contributed by atoms with Gasteiger partial charge < -0.3 is 4.57 Å². The van der Waals surface area contributed by atoms with E-state index in [9.17, 15) is 0 Å². The zero-order valence-corrected chi connectivity index (χ0v) is 16.2. The van der Waals surface area contributed by atoms with Crippen molar-refractivity contribution in [2.45, 2.75) is 25.4 Å². The third kappa shape index (κ3) is 4.14. The molecule has 26 heavy (non-hydrogen) atoms. The molecule has 138 valence electrons. The van der Waals surface area contributed by atoms with Gasteiger partial charge in [-0.3, -0.25) is 9.80 Å². The number of aromatic nitrogens is 3.